The van der Waals surface area contributed by atoms with E-state index >= 15 is 0 Å². The van der Waals surface area contributed by atoms with Crippen molar-refractivity contribution in [3.8, 4) is 0 Å². The largest absolute Gasteiger partial charge is 0.369 e. The maximum Gasteiger partial charge on any atom is 0.249 e. The van der Waals surface area contributed by atoms with Crippen molar-refractivity contribution < 1.29 is 32.6 Å². The summed E-state index contributed by atoms with van der Waals surface area (Å²) in [5, 5.41) is 8.92. The molecule has 3 amide bonds. The zero-order valence-corrected chi connectivity index (χ0v) is 23.7. The second-order valence-electron chi connectivity index (χ2n) is 10.7. The Morgan fingerprint density at radius 3 is 2.63 bits per heavy atom. The summed E-state index contributed by atoms with van der Waals surface area (Å²) in [6.07, 6.45) is 2.46. The third kappa shape index (κ3) is 5.83. The normalized spacial score (nSPS) is 22.1. The number of ether oxygens (including phenoxy) is 2. The number of fused-ring (bicyclic) bond motifs is 3. The first-order valence-electron chi connectivity index (χ1n) is 13.7. The number of carbonyl (C=O) groups excluding carboxylic acids is 3. The molecule has 2 unspecified atom stereocenters. The number of anilines is 2. The summed E-state index contributed by atoms with van der Waals surface area (Å²) in [6.45, 7) is -0.255. The number of benzene rings is 2. The third-order valence-corrected chi connectivity index (χ3v) is 8.27. The predicted octanol–water partition coefficient (Wildman–Crippen LogP) is 3.10. The first-order chi connectivity index (χ1) is 20.7. The smallest absolute Gasteiger partial charge is 0.249 e. The standard InChI is InChI=1S/C30H28ClF2N5O5/c31-23-8-18-11-30(22-2-1-3-35-28(22)37-29(30)41)12-19(18)9-24(23)36-26(39)14-38-25(17-6-20(32)10-21(33)7-17)13-34-16-43-5-4-42-15-27(38)40/h1-3,6-10,25,34H,4-5,11-16H2,(H,36,39)(H,35,37,41). The second-order valence-corrected chi connectivity index (χ2v) is 11.1. The van der Waals surface area contributed by atoms with Crippen molar-refractivity contribution in [2.24, 2.45) is 0 Å². The van der Waals surface area contributed by atoms with Gasteiger partial charge in [0.05, 0.1) is 42.1 Å². The fourth-order valence-electron chi connectivity index (χ4n) is 5.98. The Hall–Kier alpha value is -3.97. The van der Waals surface area contributed by atoms with E-state index in [-0.39, 0.29) is 49.6 Å². The van der Waals surface area contributed by atoms with Gasteiger partial charge in [-0.05, 0) is 59.9 Å². The monoisotopic (exact) mass is 611 g/mol. The van der Waals surface area contributed by atoms with E-state index in [0.29, 0.717) is 24.3 Å². The molecule has 3 N–H and O–H groups in total. The summed E-state index contributed by atoms with van der Waals surface area (Å²) in [5.74, 6) is -2.35. The van der Waals surface area contributed by atoms with Crippen LogP contribution >= 0.6 is 11.6 Å². The molecule has 0 saturated carbocycles. The van der Waals surface area contributed by atoms with Crippen molar-refractivity contribution in [3.63, 3.8) is 0 Å². The fraction of sp³-hybridized carbons (Fsp3) is 0.333. The molecule has 0 bridgehead atoms. The number of hydrogen-bond donors (Lipinski definition) is 3. The molecule has 3 heterocycles. The molecule has 2 aliphatic heterocycles. The van der Waals surface area contributed by atoms with Crippen LogP contribution in [0.4, 0.5) is 20.3 Å². The first kappa shape index (κ1) is 29.1. The van der Waals surface area contributed by atoms with Gasteiger partial charge in [-0.2, -0.15) is 0 Å². The van der Waals surface area contributed by atoms with Gasteiger partial charge < -0.3 is 25.0 Å². The average molecular weight is 612 g/mol. The van der Waals surface area contributed by atoms with Crippen LogP contribution in [0.5, 0.6) is 0 Å². The molecule has 1 saturated heterocycles. The summed E-state index contributed by atoms with van der Waals surface area (Å²) in [5.41, 5.74) is 2.22. The topological polar surface area (TPSA) is 122 Å². The molecule has 10 nitrogen and oxygen atoms in total. The average Bonchev–Trinajstić information content (AvgIpc) is 3.45. The lowest BCUT2D eigenvalue weighted by Crippen LogP contribution is -2.45. The van der Waals surface area contributed by atoms with Crippen molar-refractivity contribution in [3.05, 3.63) is 87.6 Å². The highest BCUT2D eigenvalue weighted by Crippen LogP contribution is 2.48. The van der Waals surface area contributed by atoms with Crippen molar-refractivity contribution in [1.82, 2.24) is 15.2 Å². The molecule has 1 fully saturated rings. The van der Waals surface area contributed by atoms with Gasteiger partial charge in [0.15, 0.2) is 0 Å². The molecule has 1 aromatic heterocycles. The van der Waals surface area contributed by atoms with Gasteiger partial charge in [-0.25, -0.2) is 13.8 Å². The van der Waals surface area contributed by atoms with Crippen LogP contribution in [-0.2, 0) is 42.1 Å². The second kappa shape index (κ2) is 12.0. The number of halogens is 3. The van der Waals surface area contributed by atoms with E-state index in [4.69, 9.17) is 21.1 Å². The van der Waals surface area contributed by atoms with Gasteiger partial charge in [0.25, 0.3) is 0 Å². The van der Waals surface area contributed by atoms with Crippen LogP contribution in [0.15, 0.2) is 48.7 Å². The van der Waals surface area contributed by atoms with Crippen LogP contribution in [0.2, 0.25) is 5.02 Å². The van der Waals surface area contributed by atoms with Crippen molar-refractivity contribution in [1.29, 1.82) is 0 Å². The van der Waals surface area contributed by atoms with Crippen LogP contribution in [0, 0.1) is 11.6 Å². The van der Waals surface area contributed by atoms with Gasteiger partial charge in [0.2, 0.25) is 17.7 Å². The Balaban J connectivity index is 1.25. The number of nitrogens with one attached hydrogen (secondary N) is 3. The Bertz CT molecular complexity index is 1590. The van der Waals surface area contributed by atoms with Crippen molar-refractivity contribution in [2.45, 2.75) is 24.3 Å². The summed E-state index contributed by atoms with van der Waals surface area (Å²) in [4.78, 5) is 45.3. The molecule has 1 spiro atoms. The summed E-state index contributed by atoms with van der Waals surface area (Å²) >= 11 is 6.58. The number of hydrogen-bond acceptors (Lipinski definition) is 7. The number of pyridine rings is 1. The highest BCUT2D eigenvalue weighted by Gasteiger charge is 2.51. The zero-order chi connectivity index (χ0) is 30.1. The van der Waals surface area contributed by atoms with E-state index < -0.39 is 41.5 Å². The molecular weight excluding hydrogens is 584 g/mol. The number of rotatable bonds is 4. The zero-order valence-electron chi connectivity index (χ0n) is 22.9. The third-order valence-electron chi connectivity index (χ3n) is 7.96. The molecule has 43 heavy (non-hydrogen) atoms. The van der Waals surface area contributed by atoms with E-state index in [1.165, 1.54) is 4.90 Å². The molecule has 6 rings (SSSR count). The van der Waals surface area contributed by atoms with Gasteiger partial charge in [0.1, 0.15) is 30.6 Å². The lowest BCUT2D eigenvalue weighted by atomic mass is 9.79. The van der Waals surface area contributed by atoms with E-state index in [0.717, 1.165) is 34.9 Å². The molecule has 2 atom stereocenters. The molecular formula is C30H28ClF2N5O5. The Labute approximate surface area is 250 Å². The van der Waals surface area contributed by atoms with Gasteiger partial charge in [0, 0.05) is 24.4 Å². The van der Waals surface area contributed by atoms with E-state index in [2.05, 4.69) is 20.9 Å². The summed E-state index contributed by atoms with van der Waals surface area (Å²) < 4.78 is 39.2. The SMILES string of the molecule is O=C(CN1C(=O)COCCOCNCC1c1cc(F)cc(F)c1)Nc1cc2c(cc1Cl)CC1(C2)C(=O)Nc2ncccc21. The van der Waals surface area contributed by atoms with E-state index in [1.807, 2.05) is 6.07 Å². The molecule has 0 radical (unpaired) electrons. The van der Waals surface area contributed by atoms with Gasteiger partial charge in [-0.1, -0.05) is 17.7 Å². The van der Waals surface area contributed by atoms with Crippen molar-refractivity contribution in [2.75, 3.05) is 50.3 Å². The maximum atomic E-state index is 14.2. The fourth-order valence-corrected chi connectivity index (χ4v) is 6.21. The maximum absolute atomic E-state index is 14.2. The van der Waals surface area contributed by atoms with Crippen molar-refractivity contribution >= 4 is 40.8 Å². The van der Waals surface area contributed by atoms with Crippen LogP contribution < -0.4 is 16.0 Å². The van der Waals surface area contributed by atoms with E-state index in [1.54, 1.807) is 24.4 Å². The van der Waals surface area contributed by atoms with Gasteiger partial charge in [-0.3, -0.25) is 19.7 Å². The Kier molecular flexibility index (Phi) is 8.10. The van der Waals surface area contributed by atoms with Crippen LogP contribution in [-0.4, -0.2) is 67.2 Å². The quantitative estimate of drug-likeness (QED) is 0.415. The molecule has 13 heteroatoms. The Morgan fingerprint density at radius 2 is 1.84 bits per heavy atom. The number of aromatic nitrogens is 1. The van der Waals surface area contributed by atoms with Crippen LogP contribution in [0.3, 0.4) is 0 Å². The predicted molar refractivity (Wildman–Crippen MR) is 152 cm³/mol. The highest BCUT2D eigenvalue weighted by atomic mass is 35.5. The molecule has 3 aromatic rings. The Morgan fingerprint density at radius 1 is 1.09 bits per heavy atom. The first-order valence-corrected chi connectivity index (χ1v) is 14.1. The minimum absolute atomic E-state index is 0.0575. The van der Waals surface area contributed by atoms with Gasteiger partial charge >= 0.3 is 0 Å². The van der Waals surface area contributed by atoms with Crippen LogP contribution in [0.1, 0.15) is 28.3 Å². The molecule has 2 aromatic carbocycles. The summed E-state index contributed by atoms with van der Waals surface area (Å²) in [7, 11) is 0. The number of amides is 3. The highest BCUT2D eigenvalue weighted by molar-refractivity contribution is 6.34. The number of carbonyl (C=O) groups is 3. The molecule has 3 aliphatic rings. The minimum Gasteiger partial charge on any atom is -0.369 e. The summed E-state index contributed by atoms with van der Waals surface area (Å²) in [6, 6.07) is 9.20. The minimum atomic E-state index is -0.918. The number of nitrogens with zero attached hydrogens (tertiary/aromatic N) is 2. The lowest BCUT2D eigenvalue weighted by molar-refractivity contribution is -0.141. The lowest BCUT2D eigenvalue weighted by Gasteiger charge is -2.32. The van der Waals surface area contributed by atoms with Gasteiger partial charge in [-0.15, -0.1) is 0 Å². The molecule has 224 valence electrons. The van der Waals surface area contributed by atoms with Crippen LogP contribution in [0.25, 0.3) is 0 Å². The molecule has 1 aliphatic carbocycles. The van der Waals surface area contributed by atoms with E-state index in [9.17, 15) is 23.2 Å².